The quantitative estimate of drug-likeness (QED) is 0.895. The second kappa shape index (κ2) is 5.58. The number of benzene rings is 1. The summed E-state index contributed by atoms with van der Waals surface area (Å²) in [6, 6.07) is 3.05. The molecule has 16 heavy (non-hydrogen) atoms. The van der Waals surface area contributed by atoms with Crippen LogP contribution in [0.25, 0.3) is 0 Å². The van der Waals surface area contributed by atoms with Crippen molar-refractivity contribution in [3.8, 4) is 5.75 Å². The lowest BCUT2D eigenvalue weighted by Gasteiger charge is -2.12. The van der Waals surface area contributed by atoms with Crippen LogP contribution in [0, 0.1) is 0 Å². The summed E-state index contributed by atoms with van der Waals surface area (Å²) in [7, 11) is 0. The molecule has 3 nitrogen and oxygen atoms in total. The van der Waals surface area contributed by atoms with Crippen molar-refractivity contribution < 1.29 is 23.4 Å². The lowest BCUT2D eigenvalue weighted by molar-refractivity contribution is -0.136. The van der Waals surface area contributed by atoms with Gasteiger partial charge in [0.1, 0.15) is 5.75 Å². The molecule has 0 aliphatic heterocycles. The summed E-state index contributed by atoms with van der Waals surface area (Å²) >= 11 is 6.12. The predicted molar refractivity (Wildman–Crippen MR) is 59.8 cm³/mol. The molecule has 0 heterocycles. The molecule has 88 valence electrons. The van der Waals surface area contributed by atoms with Gasteiger partial charge in [-0.25, -0.2) is 0 Å². The lowest BCUT2D eigenvalue weighted by atomic mass is 10.1. The molecule has 0 bridgehead atoms. The van der Waals surface area contributed by atoms with Crippen molar-refractivity contribution in [2.45, 2.75) is 13.0 Å². The zero-order chi connectivity index (χ0) is 12.3. The summed E-state index contributed by atoms with van der Waals surface area (Å²) in [4.78, 5) is 10.6. The summed E-state index contributed by atoms with van der Waals surface area (Å²) in [5.74, 6) is -1.29. The van der Waals surface area contributed by atoms with Gasteiger partial charge in [0.05, 0.1) is 10.9 Å². The lowest BCUT2D eigenvalue weighted by Crippen LogP contribution is -2.09. The van der Waals surface area contributed by atoms with Gasteiger partial charge >= 0.3 is 12.6 Å². The Bertz CT molecular complexity index is 410. The van der Waals surface area contributed by atoms with Crippen LogP contribution < -0.4 is 4.74 Å². The van der Waals surface area contributed by atoms with Crippen molar-refractivity contribution in [3.05, 3.63) is 26.6 Å². The number of carboxylic acid groups (broad SMARTS) is 1. The van der Waals surface area contributed by atoms with E-state index in [4.69, 9.17) is 5.11 Å². The van der Waals surface area contributed by atoms with E-state index in [0.717, 1.165) is 0 Å². The topological polar surface area (TPSA) is 46.5 Å². The van der Waals surface area contributed by atoms with Gasteiger partial charge in [-0.2, -0.15) is 8.78 Å². The summed E-state index contributed by atoms with van der Waals surface area (Å²) in [5, 5.41) is 8.66. The van der Waals surface area contributed by atoms with Crippen molar-refractivity contribution in [2.75, 3.05) is 0 Å². The van der Waals surface area contributed by atoms with Gasteiger partial charge in [0, 0.05) is 10.0 Å². The van der Waals surface area contributed by atoms with Crippen LogP contribution in [0.3, 0.4) is 0 Å². The molecule has 0 unspecified atom stereocenters. The predicted octanol–water partition coefficient (Wildman–Crippen LogP) is 3.44. The molecule has 1 aromatic rings. The number of hydrogen-bond acceptors (Lipinski definition) is 2. The van der Waals surface area contributed by atoms with E-state index >= 15 is 0 Å². The fraction of sp³-hybridized carbons (Fsp3) is 0.222. The Hall–Kier alpha value is -0.690. The van der Waals surface area contributed by atoms with Crippen LogP contribution in [-0.2, 0) is 11.2 Å². The molecule has 0 spiro atoms. The molecule has 1 rings (SSSR count). The number of halogens is 4. The maximum absolute atomic E-state index is 12.1. The van der Waals surface area contributed by atoms with E-state index in [2.05, 4.69) is 36.6 Å². The monoisotopic (exact) mass is 358 g/mol. The molecule has 0 fully saturated rings. The number of carboxylic acids is 1. The van der Waals surface area contributed by atoms with Gasteiger partial charge in [-0.1, -0.05) is 15.9 Å². The van der Waals surface area contributed by atoms with Crippen molar-refractivity contribution in [2.24, 2.45) is 0 Å². The smallest absolute Gasteiger partial charge is 0.387 e. The Morgan fingerprint density at radius 1 is 1.38 bits per heavy atom. The molecule has 0 saturated heterocycles. The van der Waals surface area contributed by atoms with Gasteiger partial charge in [0.2, 0.25) is 0 Å². The highest BCUT2D eigenvalue weighted by atomic mass is 79.9. The fourth-order valence-corrected chi connectivity index (χ4v) is 2.03. The van der Waals surface area contributed by atoms with Gasteiger partial charge in [-0.3, -0.25) is 4.79 Å². The zero-order valence-electron chi connectivity index (χ0n) is 7.71. The minimum absolute atomic E-state index is 0.160. The summed E-state index contributed by atoms with van der Waals surface area (Å²) < 4.78 is 29.3. The Labute approximate surface area is 107 Å². The van der Waals surface area contributed by atoms with Crippen molar-refractivity contribution in [1.82, 2.24) is 0 Å². The van der Waals surface area contributed by atoms with E-state index in [-0.39, 0.29) is 15.8 Å². The number of hydrogen-bond donors (Lipinski definition) is 1. The molecule has 0 saturated carbocycles. The molecular formula is C9H6Br2F2O3. The van der Waals surface area contributed by atoms with Crippen molar-refractivity contribution in [1.29, 1.82) is 0 Å². The highest BCUT2D eigenvalue weighted by Crippen LogP contribution is 2.35. The van der Waals surface area contributed by atoms with Gasteiger partial charge in [-0.15, -0.1) is 0 Å². The second-order valence-electron chi connectivity index (χ2n) is 2.79. The first-order chi connectivity index (χ1) is 7.41. The minimum Gasteiger partial charge on any atom is -0.481 e. The van der Waals surface area contributed by atoms with Gasteiger partial charge in [-0.05, 0) is 28.1 Å². The first kappa shape index (κ1) is 13.4. The van der Waals surface area contributed by atoms with Gasteiger partial charge in [0.15, 0.2) is 0 Å². The average molecular weight is 360 g/mol. The third kappa shape index (κ3) is 3.41. The zero-order valence-corrected chi connectivity index (χ0v) is 10.9. The molecule has 1 N–H and O–H groups in total. The standard InChI is InChI=1S/C9H6Br2F2O3/c10-5-1-2-6(11)8(16-9(12)13)4(5)3-7(14)15/h1-2,9H,3H2,(H,14,15). The molecule has 0 aliphatic rings. The number of rotatable bonds is 4. The average Bonchev–Trinajstić information content (AvgIpc) is 2.16. The van der Waals surface area contributed by atoms with E-state index in [1.54, 1.807) is 6.07 Å². The van der Waals surface area contributed by atoms with Gasteiger partial charge in [0.25, 0.3) is 0 Å². The van der Waals surface area contributed by atoms with Crippen LogP contribution in [0.2, 0.25) is 0 Å². The maximum Gasteiger partial charge on any atom is 0.387 e. The van der Waals surface area contributed by atoms with Crippen LogP contribution in [0.5, 0.6) is 5.75 Å². The fourth-order valence-electron chi connectivity index (χ4n) is 1.11. The Morgan fingerprint density at radius 2 is 1.94 bits per heavy atom. The number of aliphatic carboxylic acids is 1. The summed E-state index contributed by atoms with van der Waals surface area (Å²) in [6.45, 7) is -3.00. The summed E-state index contributed by atoms with van der Waals surface area (Å²) in [6.07, 6.45) is -0.401. The van der Waals surface area contributed by atoms with Crippen molar-refractivity contribution >= 4 is 37.8 Å². The Kier molecular flexibility index (Phi) is 4.67. The summed E-state index contributed by atoms with van der Waals surface area (Å²) in [5.41, 5.74) is 0.169. The number of ether oxygens (including phenoxy) is 1. The first-order valence-electron chi connectivity index (χ1n) is 4.05. The Morgan fingerprint density at radius 3 is 2.44 bits per heavy atom. The molecule has 0 atom stereocenters. The van der Waals surface area contributed by atoms with Crippen LogP contribution >= 0.6 is 31.9 Å². The van der Waals surface area contributed by atoms with Crippen LogP contribution in [0.15, 0.2) is 21.1 Å². The van der Waals surface area contributed by atoms with E-state index in [9.17, 15) is 13.6 Å². The normalized spacial score (nSPS) is 10.6. The molecular weight excluding hydrogens is 354 g/mol. The molecule has 7 heteroatoms. The van der Waals surface area contributed by atoms with Crippen LogP contribution in [0.1, 0.15) is 5.56 Å². The molecule has 0 aromatic heterocycles. The SMILES string of the molecule is O=C(O)Cc1c(Br)ccc(Br)c1OC(F)F. The third-order valence-electron chi connectivity index (χ3n) is 1.69. The number of alkyl halides is 2. The highest BCUT2D eigenvalue weighted by molar-refractivity contribution is 9.11. The van der Waals surface area contributed by atoms with Crippen molar-refractivity contribution in [3.63, 3.8) is 0 Å². The molecule has 1 aromatic carbocycles. The van der Waals surface area contributed by atoms with Crippen LogP contribution in [0.4, 0.5) is 8.78 Å². The molecule has 0 radical (unpaired) electrons. The first-order valence-corrected chi connectivity index (χ1v) is 5.64. The largest absolute Gasteiger partial charge is 0.481 e. The second-order valence-corrected chi connectivity index (χ2v) is 4.49. The molecule has 0 aliphatic carbocycles. The Balaban J connectivity index is 3.19. The highest BCUT2D eigenvalue weighted by Gasteiger charge is 2.18. The van der Waals surface area contributed by atoms with E-state index in [1.165, 1.54) is 6.07 Å². The molecule has 0 amide bonds. The van der Waals surface area contributed by atoms with E-state index in [0.29, 0.717) is 4.47 Å². The van der Waals surface area contributed by atoms with E-state index in [1.807, 2.05) is 0 Å². The minimum atomic E-state index is -3.00. The number of carbonyl (C=O) groups is 1. The van der Waals surface area contributed by atoms with Gasteiger partial charge < -0.3 is 9.84 Å². The van der Waals surface area contributed by atoms with Crippen LogP contribution in [-0.4, -0.2) is 17.7 Å². The van der Waals surface area contributed by atoms with E-state index < -0.39 is 19.0 Å². The maximum atomic E-state index is 12.1. The third-order valence-corrected chi connectivity index (χ3v) is 3.06.